The summed E-state index contributed by atoms with van der Waals surface area (Å²) in [6.07, 6.45) is 0.989. The third-order valence-electron chi connectivity index (χ3n) is 4.86. The Bertz CT molecular complexity index is 709. The molecule has 0 saturated carbocycles. The number of amides is 3. The fraction of sp³-hybridized carbons (Fsp3) is 0.786. The van der Waals surface area contributed by atoms with Gasteiger partial charge >= 0.3 is 16.4 Å². The van der Waals surface area contributed by atoms with E-state index in [1.54, 1.807) is 0 Å². The van der Waals surface area contributed by atoms with Crippen molar-refractivity contribution in [3.63, 3.8) is 0 Å². The minimum absolute atomic E-state index is 0.109. The van der Waals surface area contributed by atoms with Crippen LogP contribution in [0, 0.1) is 5.41 Å². The largest absolute Gasteiger partial charge is 0.418 e. The van der Waals surface area contributed by atoms with Crippen LogP contribution in [0.2, 0.25) is 0 Å². The summed E-state index contributed by atoms with van der Waals surface area (Å²) in [4.78, 5) is 27.8. The summed E-state index contributed by atoms with van der Waals surface area (Å²) >= 11 is 0. The zero-order valence-corrected chi connectivity index (χ0v) is 15.5. The molecule has 3 saturated heterocycles. The number of hydrogen-bond acceptors (Lipinski definition) is 8. The van der Waals surface area contributed by atoms with E-state index in [1.165, 1.54) is 4.90 Å². The zero-order valence-electron chi connectivity index (χ0n) is 14.7. The van der Waals surface area contributed by atoms with Crippen molar-refractivity contribution in [3.05, 3.63) is 0 Å². The minimum atomic E-state index is -4.81. The Hall–Kier alpha value is -1.80. The van der Waals surface area contributed by atoms with Gasteiger partial charge in [-0.05, 0) is 12.8 Å². The van der Waals surface area contributed by atoms with E-state index in [4.69, 9.17) is 14.7 Å². The monoisotopic (exact) mass is 405 g/mol. The predicted molar refractivity (Wildman–Crippen MR) is 91.1 cm³/mol. The molecule has 0 aromatic rings. The summed E-state index contributed by atoms with van der Waals surface area (Å²) in [6, 6.07) is -1.95. The number of amidine groups is 1. The Morgan fingerprint density at radius 3 is 2.70 bits per heavy atom. The van der Waals surface area contributed by atoms with Gasteiger partial charge in [-0.2, -0.15) is 13.5 Å². The van der Waals surface area contributed by atoms with Crippen LogP contribution < -0.4 is 5.32 Å². The molecule has 12 nitrogen and oxygen atoms in total. The molecular formula is C14H23N5O7S. The van der Waals surface area contributed by atoms with Gasteiger partial charge in [-0.25, -0.2) is 4.79 Å². The molecule has 2 unspecified atom stereocenters. The van der Waals surface area contributed by atoms with Crippen LogP contribution in [-0.4, -0.2) is 97.1 Å². The van der Waals surface area contributed by atoms with Crippen LogP contribution in [-0.2, 0) is 24.2 Å². The number of morpholine rings is 1. The molecular weight excluding hydrogens is 382 g/mol. The van der Waals surface area contributed by atoms with Crippen molar-refractivity contribution in [1.82, 2.24) is 20.2 Å². The van der Waals surface area contributed by atoms with Crippen LogP contribution in [0.1, 0.15) is 19.3 Å². The van der Waals surface area contributed by atoms with E-state index in [9.17, 15) is 18.0 Å². The summed E-state index contributed by atoms with van der Waals surface area (Å²) in [7, 11) is -4.81. The first-order valence-electron chi connectivity index (χ1n) is 8.70. The highest BCUT2D eigenvalue weighted by Gasteiger charge is 2.48. The van der Waals surface area contributed by atoms with E-state index in [0.29, 0.717) is 37.7 Å². The lowest BCUT2D eigenvalue weighted by Gasteiger charge is -2.31. The van der Waals surface area contributed by atoms with Crippen molar-refractivity contribution in [1.29, 1.82) is 5.41 Å². The molecule has 3 amide bonds. The molecule has 0 aromatic carbocycles. The van der Waals surface area contributed by atoms with Gasteiger partial charge in [0, 0.05) is 32.6 Å². The average molecular weight is 405 g/mol. The topological polar surface area (TPSA) is 153 Å². The third-order valence-corrected chi connectivity index (χ3v) is 5.21. The molecule has 2 atom stereocenters. The molecule has 3 rings (SSSR count). The molecule has 0 radical (unpaired) electrons. The number of piperidine rings is 1. The number of ether oxygens (including phenoxy) is 1. The lowest BCUT2D eigenvalue weighted by Crippen LogP contribution is -2.51. The normalized spacial score (nSPS) is 26.3. The van der Waals surface area contributed by atoms with Crippen molar-refractivity contribution in [3.8, 4) is 0 Å². The molecule has 3 heterocycles. The highest BCUT2D eigenvalue weighted by atomic mass is 32.3. The standard InChI is InChI=1S/C14H23N5O7S/c15-13(16-12(20)3-4-17-5-7-25-8-6-17)11-2-1-10-9-18(11)14(21)19(10)26-27(22,23)24/h10-11H,1-9H2,(H2,15,16,20)(H,22,23,24). The van der Waals surface area contributed by atoms with Crippen LogP contribution in [0.4, 0.5) is 4.79 Å². The third kappa shape index (κ3) is 4.93. The van der Waals surface area contributed by atoms with Gasteiger partial charge in [-0.3, -0.25) is 19.7 Å². The van der Waals surface area contributed by atoms with Gasteiger partial charge in [0.05, 0.1) is 25.3 Å². The Labute approximate surface area is 156 Å². The van der Waals surface area contributed by atoms with Crippen molar-refractivity contribution < 1.29 is 31.6 Å². The van der Waals surface area contributed by atoms with Crippen molar-refractivity contribution >= 4 is 28.2 Å². The van der Waals surface area contributed by atoms with Gasteiger partial charge in [0.25, 0.3) is 0 Å². The molecule has 3 aliphatic heterocycles. The van der Waals surface area contributed by atoms with Crippen LogP contribution in [0.25, 0.3) is 0 Å². The number of nitrogens with zero attached hydrogens (tertiary/aromatic N) is 3. The highest BCUT2D eigenvalue weighted by Crippen LogP contribution is 2.30. The summed E-state index contributed by atoms with van der Waals surface area (Å²) < 4.78 is 40.2. The van der Waals surface area contributed by atoms with Gasteiger partial charge in [0.1, 0.15) is 5.84 Å². The van der Waals surface area contributed by atoms with Crippen LogP contribution >= 0.6 is 0 Å². The lowest BCUT2D eigenvalue weighted by molar-refractivity contribution is -0.120. The summed E-state index contributed by atoms with van der Waals surface area (Å²) in [5.74, 6) is -0.422. The number of urea groups is 1. The van der Waals surface area contributed by atoms with E-state index < -0.39 is 28.5 Å². The van der Waals surface area contributed by atoms with Gasteiger partial charge in [-0.15, -0.1) is 4.28 Å². The number of carbonyl (C=O) groups excluding carboxylic acids is 2. The van der Waals surface area contributed by atoms with Crippen molar-refractivity contribution in [2.45, 2.75) is 31.3 Å². The zero-order chi connectivity index (χ0) is 19.6. The predicted octanol–water partition coefficient (Wildman–Crippen LogP) is -1.19. The first-order chi connectivity index (χ1) is 12.7. The molecule has 0 spiro atoms. The fourth-order valence-electron chi connectivity index (χ4n) is 3.51. The number of carbonyl (C=O) groups is 2. The van der Waals surface area contributed by atoms with Gasteiger partial charge < -0.3 is 15.0 Å². The molecule has 13 heteroatoms. The maximum Gasteiger partial charge on any atom is 0.418 e. The molecule has 0 aromatic heterocycles. The second kappa shape index (κ2) is 8.06. The van der Waals surface area contributed by atoms with Gasteiger partial charge in [0.15, 0.2) is 0 Å². The second-order valence-corrected chi connectivity index (χ2v) is 7.68. The number of hydroxylamine groups is 2. The maximum atomic E-state index is 12.3. The van der Waals surface area contributed by atoms with Gasteiger partial charge in [0.2, 0.25) is 5.91 Å². The van der Waals surface area contributed by atoms with Crippen molar-refractivity contribution in [2.75, 3.05) is 39.4 Å². The number of fused-ring (bicyclic) bond motifs is 2. The molecule has 0 aliphatic carbocycles. The smallest absolute Gasteiger partial charge is 0.379 e. The number of rotatable bonds is 6. The first kappa shape index (κ1) is 19.9. The van der Waals surface area contributed by atoms with Crippen molar-refractivity contribution in [2.24, 2.45) is 0 Å². The molecule has 27 heavy (non-hydrogen) atoms. The molecule has 3 aliphatic rings. The van der Waals surface area contributed by atoms with Gasteiger partial charge in [-0.1, -0.05) is 0 Å². The minimum Gasteiger partial charge on any atom is -0.379 e. The quantitative estimate of drug-likeness (QED) is 0.283. The van der Waals surface area contributed by atoms with E-state index in [0.717, 1.165) is 13.1 Å². The first-order valence-corrected chi connectivity index (χ1v) is 10.1. The summed E-state index contributed by atoms with van der Waals surface area (Å²) in [5.41, 5.74) is 0. The number of hydrogen-bond donors (Lipinski definition) is 3. The molecule has 2 bridgehead atoms. The van der Waals surface area contributed by atoms with E-state index >= 15 is 0 Å². The SMILES string of the molecule is N=C(NC(=O)CCN1CCOCC1)C1CCC2CN1C(=O)N2OS(=O)(=O)O. The van der Waals surface area contributed by atoms with E-state index in [1.807, 2.05) is 0 Å². The Morgan fingerprint density at radius 2 is 2.04 bits per heavy atom. The molecule has 3 fully saturated rings. The summed E-state index contributed by atoms with van der Waals surface area (Å²) in [5, 5.41) is 11.3. The Balaban J connectivity index is 1.51. The molecule has 3 N–H and O–H groups in total. The van der Waals surface area contributed by atoms with E-state index in [2.05, 4.69) is 14.5 Å². The number of nitrogens with one attached hydrogen (secondary N) is 2. The van der Waals surface area contributed by atoms with Crippen LogP contribution in [0.15, 0.2) is 0 Å². The lowest BCUT2D eigenvalue weighted by atomic mass is 10.00. The molecule has 152 valence electrons. The van der Waals surface area contributed by atoms with Crippen LogP contribution in [0.3, 0.4) is 0 Å². The fourth-order valence-corrected chi connectivity index (χ4v) is 3.90. The second-order valence-electron chi connectivity index (χ2n) is 6.68. The van der Waals surface area contributed by atoms with Crippen LogP contribution in [0.5, 0.6) is 0 Å². The summed E-state index contributed by atoms with van der Waals surface area (Å²) in [6.45, 7) is 3.53. The van der Waals surface area contributed by atoms with E-state index in [-0.39, 0.29) is 24.7 Å². The average Bonchev–Trinajstić information content (AvgIpc) is 2.84. The highest BCUT2D eigenvalue weighted by molar-refractivity contribution is 7.80. The Morgan fingerprint density at radius 1 is 1.33 bits per heavy atom. The maximum absolute atomic E-state index is 12.3. The Kier molecular flexibility index (Phi) is 5.95.